The highest BCUT2D eigenvalue weighted by atomic mass is 79.9. The van der Waals surface area contributed by atoms with Gasteiger partial charge in [0.1, 0.15) is 11.9 Å². The maximum atomic E-state index is 13.6. The second-order valence-corrected chi connectivity index (χ2v) is 5.59. The van der Waals surface area contributed by atoms with Crippen LogP contribution in [-0.2, 0) is 0 Å². The number of aliphatic hydroxyl groups is 1. The highest BCUT2D eigenvalue weighted by Crippen LogP contribution is 2.28. The van der Waals surface area contributed by atoms with Crippen molar-refractivity contribution in [3.63, 3.8) is 0 Å². The lowest BCUT2D eigenvalue weighted by Crippen LogP contribution is -2.01. The number of benzene rings is 1. The van der Waals surface area contributed by atoms with Crippen molar-refractivity contribution in [2.75, 3.05) is 0 Å². The van der Waals surface area contributed by atoms with Crippen molar-refractivity contribution in [1.82, 2.24) is 0 Å². The summed E-state index contributed by atoms with van der Waals surface area (Å²) in [6, 6.07) is 6.55. The van der Waals surface area contributed by atoms with Crippen LogP contribution in [0.4, 0.5) is 4.39 Å². The Morgan fingerprint density at radius 2 is 2.12 bits per heavy atom. The molecule has 0 saturated heterocycles. The largest absolute Gasteiger partial charge is 0.384 e. The van der Waals surface area contributed by atoms with Crippen LogP contribution in [0.15, 0.2) is 34.1 Å². The summed E-state index contributed by atoms with van der Waals surface area (Å²) in [5.41, 5.74) is 1.05. The molecule has 1 aromatic heterocycles. The normalized spacial score (nSPS) is 12.8. The van der Waals surface area contributed by atoms with E-state index in [2.05, 4.69) is 15.9 Å². The first-order valence-electron chi connectivity index (χ1n) is 4.76. The van der Waals surface area contributed by atoms with E-state index in [4.69, 9.17) is 0 Å². The SMILES string of the molecule is Cc1cc(C(O)c2ccc(Br)cc2F)cs1. The fourth-order valence-corrected chi connectivity index (χ4v) is 2.57. The maximum Gasteiger partial charge on any atom is 0.130 e. The summed E-state index contributed by atoms with van der Waals surface area (Å²) in [5.74, 6) is -0.397. The molecule has 1 aromatic carbocycles. The predicted molar refractivity (Wildman–Crippen MR) is 67.2 cm³/mol. The second kappa shape index (κ2) is 4.65. The molecule has 0 saturated carbocycles. The molecule has 0 aliphatic carbocycles. The summed E-state index contributed by atoms with van der Waals surface area (Å²) < 4.78 is 14.3. The van der Waals surface area contributed by atoms with E-state index in [9.17, 15) is 9.50 Å². The molecule has 84 valence electrons. The van der Waals surface area contributed by atoms with Crippen LogP contribution >= 0.6 is 27.3 Å². The molecule has 0 bridgehead atoms. The van der Waals surface area contributed by atoms with Gasteiger partial charge in [-0.1, -0.05) is 22.0 Å². The van der Waals surface area contributed by atoms with Gasteiger partial charge in [-0.05, 0) is 36.1 Å². The molecule has 0 radical (unpaired) electrons. The van der Waals surface area contributed by atoms with Gasteiger partial charge in [0.2, 0.25) is 0 Å². The van der Waals surface area contributed by atoms with Gasteiger partial charge >= 0.3 is 0 Å². The summed E-state index contributed by atoms with van der Waals surface area (Å²) in [7, 11) is 0. The van der Waals surface area contributed by atoms with Crippen molar-refractivity contribution in [2.45, 2.75) is 13.0 Å². The van der Waals surface area contributed by atoms with E-state index < -0.39 is 11.9 Å². The molecule has 1 heterocycles. The molecule has 0 aliphatic rings. The number of hydrogen-bond donors (Lipinski definition) is 1. The van der Waals surface area contributed by atoms with E-state index >= 15 is 0 Å². The van der Waals surface area contributed by atoms with Gasteiger partial charge in [-0.15, -0.1) is 11.3 Å². The van der Waals surface area contributed by atoms with Crippen molar-refractivity contribution in [1.29, 1.82) is 0 Å². The van der Waals surface area contributed by atoms with Gasteiger partial charge < -0.3 is 5.11 Å². The first-order valence-corrected chi connectivity index (χ1v) is 6.43. The first kappa shape index (κ1) is 11.8. The van der Waals surface area contributed by atoms with E-state index in [1.165, 1.54) is 6.07 Å². The fourth-order valence-electron chi connectivity index (χ4n) is 1.51. The Hall–Kier alpha value is -0.710. The maximum absolute atomic E-state index is 13.6. The Bertz CT molecular complexity index is 509. The van der Waals surface area contributed by atoms with Gasteiger partial charge in [0, 0.05) is 14.9 Å². The van der Waals surface area contributed by atoms with Gasteiger partial charge in [-0.3, -0.25) is 0 Å². The number of halogens is 2. The minimum Gasteiger partial charge on any atom is -0.384 e. The first-order chi connectivity index (χ1) is 7.58. The third-order valence-corrected chi connectivity index (χ3v) is 3.70. The minimum atomic E-state index is -0.891. The van der Waals surface area contributed by atoms with Crippen molar-refractivity contribution in [2.24, 2.45) is 0 Å². The number of aryl methyl sites for hydroxylation is 1. The molecule has 0 amide bonds. The molecule has 2 aromatic rings. The highest BCUT2D eigenvalue weighted by molar-refractivity contribution is 9.10. The van der Waals surface area contributed by atoms with E-state index in [-0.39, 0.29) is 0 Å². The Kier molecular flexibility index (Phi) is 3.42. The molecular formula is C12H10BrFOS. The summed E-state index contributed by atoms with van der Waals surface area (Å²) >= 11 is 4.73. The molecule has 2 rings (SSSR count). The lowest BCUT2D eigenvalue weighted by Gasteiger charge is -2.10. The van der Waals surface area contributed by atoms with Gasteiger partial charge in [0.25, 0.3) is 0 Å². The van der Waals surface area contributed by atoms with Crippen LogP contribution in [0.25, 0.3) is 0 Å². The van der Waals surface area contributed by atoms with Crippen molar-refractivity contribution >= 4 is 27.3 Å². The minimum absolute atomic E-state index is 0.306. The van der Waals surface area contributed by atoms with Gasteiger partial charge in [-0.2, -0.15) is 0 Å². The van der Waals surface area contributed by atoms with Crippen LogP contribution in [0.2, 0.25) is 0 Å². The summed E-state index contributed by atoms with van der Waals surface area (Å²) in [4.78, 5) is 1.10. The molecule has 1 N–H and O–H groups in total. The molecular weight excluding hydrogens is 291 g/mol. The molecule has 1 unspecified atom stereocenters. The van der Waals surface area contributed by atoms with Crippen LogP contribution in [0.5, 0.6) is 0 Å². The molecule has 0 fully saturated rings. The zero-order valence-corrected chi connectivity index (χ0v) is 11.0. The molecule has 4 heteroatoms. The van der Waals surface area contributed by atoms with Gasteiger partial charge in [0.05, 0.1) is 0 Å². The molecule has 0 spiro atoms. The standard InChI is InChI=1S/C12H10BrFOS/c1-7-4-8(6-16-7)12(15)10-3-2-9(13)5-11(10)14/h2-6,12,15H,1H3. The zero-order chi connectivity index (χ0) is 11.7. The van der Waals surface area contributed by atoms with E-state index in [1.54, 1.807) is 23.5 Å². The van der Waals surface area contributed by atoms with Crippen molar-refractivity contribution in [3.05, 3.63) is 55.9 Å². The summed E-state index contributed by atoms with van der Waals surface area (Å²) in [6.45, 7) is 1.96. The van der Waals surface area contributed by atoms with E-state index in [0.29, 0.717) is 10.0 Å². The Morgan fingerprint density at radius 1 is 1.38 bits per heavy atom. The Morgan fingerprint density at radius 3 is 2.69 bits per heavy atom. The van der Waals surface area contributed by atoms with Crippen LogP contribution in [-0.4, -0.2) is 5.11 Å². The van der Waals surface area contributed by atoms with Crippen LogP contribution < -0.4 is 0 Å². The number of aliphatic hydroxyl groups excluding tert-OH is 1. The topological polar surface area (TPSA) is 20.2 Å². The average molecular weight is 301 g/mol. The van der Waals surface area contributed by atoms with Crippen LogP contribution in [0.1, 0.15) is 22.1 Å². The summed E-state index contributed by atoms with van der Waals surface area (Å²) in [6.07, 6.45) is -0.891. The zero-order valence-electron chi connectivity index (χ0n) is 8.58. The number of rotatable bonds is 2. The van der Waals surface area contributed by atoms with Crippen LogP contribution in [0.3, 0.4) is 0 Å². The average Bonchev–Trinajstić information content (AvgIpc) is 2.64. The fraction of sp³-hybridized carbons (Fsp3) is 0.167. The monoisotopic (exact) mass is 300 g/mol. The van der Waals surface area contributed by atoms with E-state index in [1.807, 2.05) is 18.4 Å². The molecule has 1 nitrogen and oxygen atoms in total. The van der Waals surface area contributed by atoms with Crippen molar-refractivity contribution < 1.29 is 9.50 Å². The summed E-state index contributed by atoms with van der Waals surface area (Å²) in [5, 5.41) is 11.9. The molecule has 1 atom stereocenters. The van der Waals surface area contributed by atoms with Gasteiger partial charge in [-0.25, -0.2) is 4.39 Å². The highest BCUT2D eigenvalue weighted by Gasteiger charge is 2.15. The second-order valence-electron chi connectivity index (χ2n) is 3.56. The van der Waals surface area contributed by atoms with Gasteiger partial charge in [0.15, 0.2) is 0 Å². The van der Waals surface area contributed by atoms with E-state index in [0.717, 1.165) is 10.4 Å². The number of thiophene rings is 1. The lowest BCUT2D eigenvalue weighted by atomic mass is 10.0. The molecule has 16 heavy (non-hydrogen) atoms. The van der Waals surface area contributed by atoms with Crippen molar-refractivity contribution in [3.8, 4) is 0 Å². The molecule has 0 aliphatic heterocycles. The quantitative estimate of drug-likeness (QED) is 0.887. The third-order valence-electron chi connectivity index (χ3n) is 2.32. The third kappa shape index (κ3) is 2.34. The lowest BCUT2D eigenvalue weighted by molar-refractivity contribution is 0.215. The predicted octanol–water partition coefficient (Wildman–Crippen LogP) is 4.04. The Labute approximate surface area is 106 Å². The number of hydrogen-bond acceptors (Lipinski definition) is 2. The van der Waals surface area contributed by atoms with Crippen LogP contribution in [0, 0.1) is 12.7 Å². The smallest absolute Gasteiger partial charge is 0.130 e. The Balaban J connectivity index is 2.37.